The molecule has 1 heterocycles. The van der Waals surface area contributed by atoms with Crippen molar-refractivity contribution in [2.75, 3.05) is 13.6 Å². The average Bonchev–Trinajstić information content (AvgIpc) is 2.64. The van der Waals surface area contributed by atoms with Gasteiger partial charge < -0.3 is 5.73 Å². The van der Waals surface area contributed by atoms with E-state index in [1.807, 2.05) is 0 Å². The first-order valence-corrected chi connectivity index (χ1v) is 7.82. The van der Waals surface area contributed by atoms with Crippen LogP contribution >= 0.6 is 27.3 Å². The Morgan fingerprint density at radius 2 is 2.12 bits per heavy atom. The fourth-order valence-electron chi connectivity index (χ4n) is 2.10. The number of nitrogens with two attached hydrogens (primary N) is 1. The highest BCUT2D eigenvalue weighted by molar-refractivity contribution is 9.10. The van der Waals surface area contributed by atoms with Crippen LogP contribution in [-0.4, -0.2) is 24.5 Å². The zero-order valence-electron chi connectivity index (χ0n) is 11.1. The summed E-state index contributed by atoms with van der Waals surface area (Å²) in [6, 6.07) is 2.65. The molecule has 0 radical (unpaired) electrons. The predicted molar refractivity (Wildman–Crippen MR) is 80.5 cm³/mol. The van der Waals surface area contributed by atoms with Gasteiger partial charge in [0, 0.05) is 27.3 Å². The van der Waals surface area contributed by atoms with Gasteiger partial charge in [-0.15, -0.1) is 11.3 Å². The van der Waals surface area contributed by atoms with E-state index in [-0.39, 0.29) is 6.04 Å². The highest BCUT2D eigenvalue weighted by Gasteiger charge is 2.23. The molecule has 0 spiro atoms. The Hall–Kier alpha value is 0.1000. The van der Waals surface area contributed by atoms with Gasteiger partial charge in [0.2, 0.25) is 0 Å². The summed E-state index contributed by atoms with van der Waals surface area (Å²) in [5, 5.41) is 2.13. The molecule has 1 aromatic rings. The first kappa shape index (κ1) is 15.2. The minimum atomic E-state index is 0.148. The lowest BCUT2D eigenvalue weighted by molar-refractivity contribution is 0.193. The van der Waals surface area contributed by atoms with E-state index in [2.05, 4.69) is 60.1 Å². The van der Waals surface area contributed by atoms with Crippen molar-refractivity contribution in [3.63, 3.8) is 0 Å². The lowest BCUT2D eigenvalue weighted by Crippen LogP contribution is -2.38. The maximum Gasteiger partial charge on any atom is 0.0588 e. The minimum absolute atomic E-state index is 0.148. The summed E-state index contributed by atoms with van der Waals surface area (Å²) in [5.41, 5.74) is 6.15. The molecule has 2 nitrogen and oxygen atoms in total. The number of likely N-dealkylation sites (N-methyl/N-ethyl adjacent to an activating group) is 1. The molecule has 3 unspecified atom stereocenters. The van der Waals surface area contributed by atoms with Crippen LogP contribution in [0.15, 0.2) is 15.9 Å². The van der Waals surface area contributed by atoms with Gasteiger partial charge in [0.1, 0.15) is 0 Å². The Balaban J connectivity index is 2.79. The summed E-state index contributed by atoms with van der Waals surface area (Å²) < 4.78 is 1.15. The summed E-state index contributed by atoms with van der Waals surface area (Å²) in [4.78, 5) is 3.73. The van der Waals surface area contributed by atoms with Crippen molar-refractivity contribution in [3.8, 4) is 0 Å². The zero-order valence-corrected chi connectivity index (χ0v) is 13.5. The second-order valence-electron chi connectivity index (χ2n) is 4.92. The Morgan fingerprint density at radius 3 is 2.53 bits per heavy atom. The van der Waals surface area contributed by atoms with E-state index in [9.17, 15) is 0 Å². The van der Waals surface area contributed by atoms with Gasteiger partial charge in [-0.2, -0.15) is 0 Å². The Morgan fingerprint density at radius 1 is 1.47 bits per heavy atom. The van der Waals surface area contributed by atoms with Gasteiger partial charge >= 0.3 is 0 Å². The number of hydrogen-bond donors (Lipinski definition) is 1. The second-order valence-corrected chi connectivity index (χ2v) is 6.78. The van der Waals surface area contributed by atoms with Crippen LogP contribution in [0.3, 0.4) is 0 Å². The summed E-state index contributed by atoms with van der Waals surface area (Å²) >= 11 is 5.29. The minimum Gasteiger partial charge on any atom is -0.326 e. The molecule has 3 atom stereocenters. The first-order chi connectivity index (χ1) is 7.95. The van der Waals surface area contributed by atoms with E-state index in [1.165, 1.54) is 11.3 Å². The van der Waals surface area contributed by atoms with Crippen molar-refractivity contribution >= 4 is 27.3 Å². The summed E-state index contributed by atoms with van der Waals surface area (Å²) in [5.74, 6) is 0.713. The molecular weight excluding hydrogens is 296 g/mol. The van der Waals surface area contributed by atoms with Crippen molar-refractivity contribution in [1.29, 1.82) is 0 Å². The summed E-state index contributed by atoms with van der Waals surface area (Å²) in [6.07, 6.45) is 1.21. The van der Waals surface area contributed by atoms with Crippen molar-refractivity contribution < 1.29 is 0 Å². The third-order valence-electron chi connectivity index (χ3n) is 3.15. The normalized spacial score (nSPS) is 17.1. The molecule has 0 saturated carbocycles. The number of nitrogens with zero attached hydrogens (tertiary/aromatic N) is 1. The van der Waals surface area contributed by atoms with E-state index in [4.69, 9.17) is 5.73 Å². The Kier molecular flexibility index (Phi) is 6.13. The number of thiophene rings is 1. The third kappa shape index (κ3) is 4.36. The van der Waals surface area contributed by atoms with Crippen LogP contribution in [0.5, 0.6) is 0 Å². The van der Waals surface area contributed by atoms with Crippen LogP contribution in [0.1, 0.15) is 38.1 Å². The van der Waals surface area contributed by atoms with E-state index < -0.39 is 0 Å². The maximum absolute atomic E-state index is 6.15. The van der Waals surface area contributed by atoms with Gasteiger partial charge in [-0.3, -0.25) is 4.90 Å². The lowest BCUT2D eigenvalue weighted by atomic mass is 10.0. The van der Waals surface area contributed by atoms with Crippen LogP contribution in [-0.2, 0) is 0 Å². The monoisotopic (exact) mass is 318 g/mol. The van der Waals surface area contributed by atoms with Crippen LogP contribution in [0.25, 0.3) is 0 Å². The highest BCUT2D eigenvalue weighted by Crippen LogP contribution is 2.31. The van der Waals surface area contributed by atoms with Gasteiger partial charge in [-0.05, 0) is 41.9 Å². The molecule has 98 valence electrons. The van der Waals surface area contributed by atoms with E-state index in [0.29, 0.717) is 12.0 Å². The molecule has 0 aliphatic carbocycles. The van der Waals surface area contributed by atoms with Crippen molar-refractivity contribution in [1.82, 2.24) is 4.90 Å². The second kappa shape index (κ2) is 6.88. The molecule has 4 heteroatoms. The fourth-order valence-corrected chi connectivity index (χ4v) is 3.82. The molecule has 1 rings (SSSR count). The van der Waals surface area contributed by atoms with Gasteiger partial charge in [-0.25, -0.2) is 0 Å². The van der Waals surface area contributed by atoms with Gasteiger partial charge in [0.05, 0.1) is 6.04 Å². The van der Waals surface area contributed by atoms with Crippen molar-refractivity contribution in [2.45, 2.75) is 39.3 Å². The van der Waals surface area contributed by atoms with Crippen molar-refractivity contribution in [3.05, 3.63) is 20.8 Å². The average molecular weight is 319 g/mol. The number of halogens is 1. The molecule has 17 heavy (non-hydrogen) atoms. The first-order valence-electron chi connectivity index (χ1n) is 6.15. The van der Waals surface area contributed by atoms with Crippen molar-refractivity contribution in [2.24, 2.45) is 11.7 Å². The maximum atomic E-state index is 6.15. The Bertz CT molecular complexity index is 338. The van der Waals surface area contributed by atoms with E-state index in [1.54, 1.807) is 11.3 Å². The predicted octanol–water partition coefficient (Wildman–Crippen LogP) is 3.88. The Labute approximate surface area is 117 Å². The van der Waals surface area contributed by atoms with Crippen LogP contribution in [0.4, 0.5) is 0 Å². The van der Waals surface area contributed by atoms with E-state index in [0.717, 1.165) is 11.0 Å². The lowest BCUT2D eigenvalue weighted by Gasteiger charge is -2.32. The molecule has 0 amide bonds. The largest absolute Gasteiger partial charge is 0.326 e. The molecule has 0 fully saturated rings. The number of hydrogen-bond acceptors (Lipinski definition) is 3. The smallest absolute Gasteiger partial charge is 0.0588 e. The summed E-state index contributed by atoms with van der Waals surface area (Å²) in [7, 11) is 2.17. The SMILES string of the molecule is CCC(C)CN(C)C(c1cc(Br)cs1)C(C)N. The molecule has 0 bridgehead atoms. The van der Waals surface area contributed by atoms with Crippen LogP contribution < -0.4 is 5.73 Å². The van der Waals surface area contributed by atoms with Crippen LogP contribution in [0, 0.1) is 5.92 Å². The van der Waals surface area contributed by atoms with Gasteiger partial charge in [0.15, 0.2) is 0 Å². The molecule has 1 aromatic heterocycles. The quantitative estimate of drug-likeness (QED) is 0.862. The zero-order chi connectivity index (χ0) is 13.0. The highest BCUT2D eigenvalue weighted by atomic mass is 79.9. The standard InChI is InChI=1S/C13H23BrN2S/c1-5-9(2)7-16(4)13(10(3)15)12-6-11(14)8-17-12/h6,8-10,13H,5,7,15H2,1-4H3. The molecule has 2 N–H and O–H groups in total. The summed E-state index contributed by atoms with van der Waals surface area (Å²) in [6.45, 7) is 7.71. The molecule has 0 aliphatic rings. The molecular formula is C13H23BrN2S. The number of rotatable bonds is 6. The fraction of sp³-hybridized carbons (Fsp3) is 0.692. The third-order valence-corrected chi connectivity index (χ3v) is 4.91. The topological polar surface area (TPSA) is 29.3 Å². The molecule has 0 saturated heterocycles. The van der Waals surface area contributed by atoms with E-state index >= 15 is 0 Å². The van der Waals surface area contributed by atoms with Gasteiger partial charge in [-0.1, -0.05) is 20.3 Å². The molecule has 0 aromatic carbocycles. The van der Waals surface area contributed by atoms with Crippen LogP contribution in [0.2, 0.25) is 0 Å². The van der Waals surface area contributed by atoms with Gasteiger partial charge in [0.25, 0.3) is 0 Å². The molecule has 0 aliphatic heterocycles.